The molecule has 9 heteroatoms. The summed E-state index contributed by atoms with van der Waals surface area (Å²) in [6.07, 6.45) is 4.71. The van der Waals surface area contributed by atoms with Crippen molar-refractivity contribution in [3.63, 3.8) is 0 Å². The standard InChI is InChI=1S/C23H18FN7O/c1-14(17-7-8-26-21(24)9-17)28-23(32)20-10-19(16-5-3-15(11-25)4-6-16)29-22(30-20)18-12-27-31(2)13-18/h3-10,12-14H,1-2H3,(H,28,32). The van der Waals surface area contributed by atoms with Crippen molar-refractivity contribution in [3.05, 3.63) is 83.8 Å². The summed E-state index contributed by atoms with van der Waals surface area (Å²) in [5.74, 6) is -0.711. The first-order valence-electron chi connectivity index (χ1n) is 9.74. The molecule has 158 valence electrons. The van der Waals surface area contributed by atoms with E-state index in [4.69, 9.17) is 5.26 Å². The smallest absolute Gasteiger partial charge is 0.270 e. The first-order chi connectivity index (χ1) is 15.4. The van der Waals surface area contributed by atoms with Crippen LogP contribution in [0.2, 0.25) is 0 Å². The maximum absolute atomic E-state index is 13.5. The summed E-state index contributed by atoms with van der Waals surface area (Å²) in [7, 11) is 1.77. The SMILES string of the molecule is CC(NC(=O)c1cc(-c2ccc(C#N)cc2)nc(-c2cnn(C)c2)n1)c1ccnc(F)c1. The quantitative estimate of drug-likeness (QED) is 0.489. The van der Waals surface area contributed by atoms with Gasteiger partial charge in [0.15, 0.2) is 5.82 Å². The number of hydrogen-bond donors (Lipinski definition) is 1. The molecule has 3 heterocycles. The van der Waals surface area contributed by atoms with Gasteiger partial charge in [-0.3, -0.25) is 9.48 Å². The Hall–Kier alpha value is -4.45. The molecule has 1 aromatic carbocycles. The number of nitrogens with one attached hydrogen (secondary N) is 1. The molecule has 1 amide bonds. The number of halogens is 1. The Labute approximate surface area is 183 Å². The first kappa shape index (κ1) is 20.8. The maximum Gasteiger partial charge on any atom is 0.270 e. The van der Waals surface area contributed by atoms with Gasteiger partial charge in [0.1, 0.15) is 5.69 Å². The monoisotopic (exact) mass is 427 g/mol. The van der Waals surface area contributed by atoms with E-state index in [1.165, 1.54) is 12.3 Å². The third kappa shape index (κ3) is 4.49. The van der Waals surface area contributed by atoms with Gasteiger partial charge in [0.05, 0.1) is 35.1 Å². The van der Waals surface area contributed by atoms with E-state index < -0.39 is 17.9 Å². The van der Waals surface area contributed by atoms with E-state index >= 15 is 0 Å². The zero-order chi connectivity index (χ0) is 22.7. The van der Waals surface area contributed by atoms with Crippen LogP contribution in [0.3, 0.4) is 0 Å². The number of nitrogens with zero attached hydrogens (tertiary/aromatic N) is 6. The Morgan fingerprint density at radius 2 is 1.94 bits per heavy atom. The number of pyridine rings is 1. The average Bonchev–Trinajstić information content (AvgIpc) is 3.25. The highest BCUT2D eigenvalue weighted by Gasteiger charge is 2.18. The van der Waals surface area contributed by atoms with Gasteiger partial charge in [-0.05, 0) is 42.8 Å². The zero-order valence-electron chi connectivity index (χ0n) is 17.3. The second-order valence-electron chi connectivity index (χ2n) is 7.16. The molecule has 0 aliphatic carbocycles. The lowest BCUT2D eigenvalue weighted by atomic mass is 10.1. The van der Waals surface area contributed by atoms with Gasteiger partial charge in [-0.25, -0.2) is 15.0 Å². The Morgan fingerprint density at radius 1 is 1.16 bits per heavy atom. The van der Waals surface area contributed by atoms with Crippen LogP contribution in [0.1, 0.15) is 34.6 Å². The largest absolute Gasteiger partial charge is 0.344 e. The van der Waals surface area contributed by atoms with Gasteiger partial charge in [-0.1, -0.05) is 12.1 Å². The summed E-state index contributed by atoms with van der Waals surface area (Å²) in [5.41, 5.74) is 3.17. The molecule has 0 fully saturated rings. The highest BCUT2D eigenvalue weighted by atomic mass is 19.1. The lowest BCUT2D eigenvalue weighted by Crippen LogP contribution is -2.28. The Balaban J connectivity index is 1.71. The molecule has 4 rings (SSSR count). The van der Waals surface area contributed by atoms with Crippen molar-refractivity contribution in [2.45, 2.75) is 13.0 Å². The molecule has 4 aromatic rings. The van der Waals surface area contributed by atoms with Gasteiger partial charge in [0, 0.05) is 25.0 Å². The molecule has 8 nitrogen and oxygen atoms in total. The number of carbonyl (C=O) groups is 1. The van der Waals surface area contributed by atoms with Crippen LogP contribution < -0.4 is 5.32 Å². The van der Waals surface area contributed by atoms with E-state index in [1.807, 2.05) is 0 Å². The lowest BCUT2D eigenvalue weighted by Gasteiger charge is -2.15. The molecule has 1 atom stereocenters. The lowest BCUT2D eigenvalue weighted by molar-refractivity contribution is 0.0934. The summed E-state index contributed by atoms with van der Waals surface area (Å²) in [4.78, 5) is 25.6. The average molecular weight is 427 g/mol. The molecule has 0 saturated carbocycles. The number of carbonyl (C=O) groups excluding carboxylic acids is 1. The predicted molar refractivity (Wildman–Crippen MR) is 114 cm³/mol. The van der Waals surface area contributed by atoms with Gasteiger partial charge in [0.2, 0.25) is 5.95 Å². The maximum atomic E-state index is 13.5. The zero-order valence-corrected chi connectivity index (χ0v) is 17.3. The van der Waals surface area contributed by atoms with Crippen LogP contribution in [-0.2, 0) is 7.05 Å². The molecule has 3 aromatic heterocycles. The highest BCUT2D eigenvalue weighted by molar-refractivity contribution is 5.94. The van der Waals surface area contributed by atoms with Gasteiger partial charge >= 0.3 is 0 Å². The van der Waals surface area contributed by atoms with E-state index in [0.717, 1.165) is 5.56 Å². The number of benzene rings is 1. The summed E-state index contributed by atoms with van der Waals surface area (Å²) in [6.45, 7) is 1.75. The van der Waals surface area contributed by atoms with Gasteiger partial charge in [0.25, 0.3) is 5.91 Å². The fraction of sp³-hybridized carbons (Fsp3) is 0.130. The van der Waals surface area contributed by atoms with E-state index in [-0.39, 0.29) is 5.69 Å². The molecular formula is C23H18FN7O. The first-order valence-corrected chi connectivity index (χ1v) is 9.74. The van der Waals surface area contributed by atoms with Crippen molar-refractivity contribution in [2.75, 3.05) is 0 Å². The minimum Gasteiger partial charge on any atom is -0.344 e. The van der Waals surface area contributed by atoms with Crippen molar-refractivity contribution in [1.29, 1.82) is 5.26 Å². The Morgan fingerprint density at radius 3 is 2.59 bits per heavy atom. The Bertz CT molecular complexity index is 1320. The van der Waals surface area contributed by atoms with E-state index in [1.54, 1.807) is 67.4 Å². The number of rotatable bonds is 5. The van der Waals surface area contributed by atoms with Crippen molar-refractivity contribution in [3.8, 4) is 28.7 Å². The van der Waals surface area contributed by atoms with E-state index in [2.05, 4.69) is 31.4 Å². The molecule has 0 saturated heterocycles. The molecule has 0 spiro atoms. The predicted octanol–water partition coefficient (Wildman–Crippen LogP) is 3.44. The minimum atomic E-state index is -0.618. The third-order valence-electron chi connectivity index (χ3n) is 4.83. The molecular weight excluding hydrogens is 409 g/mol. The van der Waals surface area contributed by atoms with E-state index in [9.17, 15) is 9.18 Å². The molecule has 0 aliphatic rings. The highest BCUT2D eigenvalue weighted by Crippen LogP contribution is 2.23. The molecule has 0 radical (unpaired) electrons. The molecule has 0 bridgehead atoms. The number of aryl methyl sites for hydroxylation is 1. The second-order valence-corrected chi connectivity index (χ2v) is 7.16. The number of hydrogen-bond acceptors (Lipinski definition) is 6. The molecule has 32 heavy (non-hydrogen) atoms. The van der Waals surface area contributed by atoms with Crippen LogP contribution in [0, 0.1) is 17.3 Å². The fourth-order valence-corrected chi connectivity index (χ4v) is 3.13. The van der Waals surface area contributed by atoms with Gasteiger partial charge in [-0.15, -0.1) is 0 Å². The molecule has 0 aliphatic heterocycles. The number of nitriles is 1. The van der Waals surface area contributed by atoms with Crippen LogP contribution in [0.4, 0.5) is 4.39 Å². The summed E-state index contributed by atoms with van der Waals surface area (Å²) in [5, 5.41) is 16.0. The third-order valence-corrected chi connectivity index (χ3v) is 4.83. The molecule has 1 unspecified atom stereocenters. The van der Waals surface area contributed by atoms with Crippen molar-refractivity contribution < 1.29 is 9.18 Å². The summed E-state index contributed by atoms with van der Waals surface area (Å²) >= 11 is 0. The van der Waals surface area contributed by atoms with Crippen LogP contribution in [-0.4, -0.2) is 30.6 Å². The van der Waals surface area contributed by atoms with Crippen LogP contribution in [0.5, 0.6) is 0 Å². The topological polar surface area (TPSA) is 109 Å². The second kappa shape index (κ2) is 8.73. The number of aromatic nitrogens is 5. The van der Waals surface area contributed by atoms with Crippen LogP contribution in [0.15, 0.2) is 61.1 Å². The summed E-state index contributed by atoms with van der Waals surface area (Å²) in [6, 6.07) is 13.0. The normalized spacial score (nSPS) is 11.6. The van der Waals surface area contributed by atoms with Crippen molar-refractivity contribution in [1.82, 2.24) is 30.0 Å². The van der Waals surface area contributed by atoms with Crippen LogP contribution in [0.25, 0.3) is 22.6 Å². The minimum absolute atomic E-state index is 0.152. The van der Waals surface area contributed by atoms with Crippen molar-refractivity contribution in [2.24, 2.45) is 7.05 Å². The van der Waals surface area contributed by atoms with Gasteiger partial charge < -0.3 is 5.32 Å². The Kier molecular flexibility index (Phi) is 5.68. The number of amides is 1. The fourth-order valence-electron chi connectivity index (χ4n) is 3.13. The van der Waals surface area contributed by atoms with Gasteiger partial charge in [-0.2, -0.15) is 14.8 Å². The molecule has 1 N–H and O–H groups in total. The van der Waals surface area contributed by atoms with Crippen molar-refractivity contribution >= 4 is 5.91 Å². The van der Waals surface area contributed by atoms with E-state index in [0.29, 0.717) is 28.2 Å². The van der Waals surface area contributed by atoms with Crippen LogP contribution >= 0.6 is 0 Å². The summed E-state index contributed by atoms with van der Waals surface area (Å²) < 4.78 is 15.1.